The first-order valence-electron chi connectivity index (χ1n) is 4.62. The van der Waals surface area contributed by atoms with Crippen molar-refractivity contribution >= 4 is 5.57 Å². The third kappa shape index (κ3) is 1.42. The molecule has 2 rings (SSSR count). The predicted octanol–water partition coefficient (Wildman–Crippen LogP) is 3.50. The molecule has 12 heavy (non-hydrogen) atoms. The third-order valence-electron chi connectivity index (χ3n) is 2.50. The van der Waals surface area contributed by atoms with Crippen LogP contribution < -0.4 is 0 Å². The van der Waals surface area contributed by atoms with E-state index in [0.717, 1.165) is 5.92 Å². The third-order valence-corrected chi connectivity index (χ3v) is 2.50. The van der Waals surface area contributed by atoms with Gasteiger partial charge in [0.1, 0.15) is 0 Å². The van der Waals surface area contributed by atoms with Gasteiger partial charge in [0.05, 0.1) is 0 Å². The molecule has 0 saturated heterocycles. The van der Waals surface area contributed by atoms with Gasteiger partial charge in [0.15, 0.2) is 0 Å². The van der Waals surface area contributed by atoms with Crippen LogP contribution >= 0.6 is 0 Å². The number of hydrogen-bond donors (Lipinski definition) is 0. The Kier molecular flexibility index (Phi) is 1.99. The Labute approximate surface area is 73.9 Å². The van der Waals surface area contributed by atoms with E-state index in [1.54, 1.807) is 0 Å². The summed E-state index contributed by atoms with van der Waals surface area (Å²) in [4.78, 5) is 0. The van der Waals surface area contributed by atoms with Crippen LogP contribution in [0.3, 0.4) is 0 Å². The van der Waals surface area contributed by atoms with Crippen LogP contribution in [0.4, 0.5) is 0 Å². The van der Waals surface area contributed by atoms with Crippen LogP contribution in [0, 0.1) is 5.92 Å². The average molecular weight is 158 g/mol. The van der Waals surface area contributed by atoms with Gasteiger partial charge < -0.3 is 0 Å². The van der Waals surface area contributed by atoms with E-state index in [0.29, 0.717) is 0 Å². The minimum Gasteiger partial charge on any atom is -0.0779 e. The first kappa shape index (κ1) is 7.60. The van der Waals surface area contributed by atoms with E-state index in [2.05, 4.69) is 43.3 Å². The van der Waals surface area contributed by atoms with Crippen molar-refractivity contribution in [2.45, 2.75) is 19.8 Å². The van der Waals surface area contributed by atoms with E-state index in [1.165, 1.54) is 24.0 Å². The summed E-state index contributed by atoms with van der Waals surface area (Å²) in [5.41, 5.74) is 2.94. The molecule has 0 heteroatoms. The molecule has 0 fully saturated rings. The molecule has 0 nitrogen and oxygen atoms in total. The maximum Gasteiger partial charge on any atom is -0.0228 e. The molecule has 1 aromatic carbocycles. The highest BCUT2D eigenvalue weighted by atomic mass is 14.2. The Morgan fingerprint density at radius 3 is 2.50 bits per heavy atom. The zero-order chi connectivity index (χ0) is 8.39. The van der Waals surface area contributed by atoms with Crippen LogP contribution in [-0.4, -0.2) is 0 Å². The molecular formula is C12H14. The molecule has 0 radical (unpaired) electrons. The van der Waals surface area contributed by atoms with Gasteiger partial charge in [-0.25, -0.2) is 0 Å². The molecule has 1 aliphatic carbocycles. The van der Waals surface area contributed by atoms with E-state index in [9.17, 15) is 0 Å². The highest BCUT2D eigenvalue weighted by Gasteiger charge is 2.11. The molecule has 0 aromatic heterocycles. The van der Waals surface area contributed by atoms with Crippen molar-refractivity contribution in [1.29, 1.82) is 0 Å². The lowest BCUT2D eigenvalue weighted by molar-refractivity contribution is 0.703. The molecule has 1 aromatic rings. The lowest BCUT2D eigenvalue weighted by atomic mass is 10.1. The second kappa shape index (κ2) is 3.14. The molecule has 0 N–H and O–H groups in total. The zero-order valence-corrected chi connectivity index (χ0v) is 7.46. The van der Waals surface area contributed by atoms with Gasteiger partial charge in [-0.2, -0.15) is 0 Å². The van der Waals surface area contributed by atoms with Crippen molar-refractivity contribution in [1.82, 2.24) is 0 Å². The summed E-state index contributed by atoms with van der Waals surface area (Å²) in [6.07, 6.45) is 4.98. The van der Waals surface area contributed by atoms with Gasteiger partial charge in [0.25, 0.3) is 0 Å². The topological polar surface area (TPSA) is 0 Å². The molecule has 0 heterocycles. The van der Waals surface area contributed by atoms with Gasteiger partial charge >= 0.3 is 0 Å². The summed E-state index contributed by atoms with van der Waals surface area (Å²) in [7, 11) is 0. The second-order valence-electron chi connectivity index (χ2n) is 3.57. The number of hydrogen-bond acceptors (Lipinski definition) is 0. The SMILES string of the molecule is CC1C=C(c2ccccc2)CC1. The number of benzene rings is 1. The van der Waals surface area contributed by atoms with Crippen molar-refractivity contribution in [2.75, 3.05) is 0 Å². The van der Waals surface area contributed by atoms with Crippen LogP contribution in [0.2, 0.25) is 0 Å². The molecule has 1 unspecified atom stereocenters. The first-order chi connectivity index (χ1) is 5.86. The maximum atomic E-state index is 2.40. The molecular weight excluding hydrogens is 144 g/mol. The fourth-order valence-electron chi connectivity index (χ4n) is 1.79. The molecule has 1 aliphatic rings. The molecule has 0 amide bonds. The highest BCUT2D eigenvalue weighted by Crippen LogP contribution is 2.30. The average Bonchev–Trinajstić information content (AvgIpc) is 2.54. The van der Waals surface area contributed by atoms with E-state index < -0.39 is 0 Å². The summed E-state index contributed by atoms with van der Waals surface area (Å²) in [6.45, 7) is 2.29. The van der Waals surface area contributed by atoms with Crippen LogP contribution in [-0.2, 0) is 0 Å². The minimum atomic E-state index is 0.778. The van der Waals surface area contributed by atoms with Gasteiger partial charge in [0, 0.05) is 0 Å². The summed E-state index contributed by atoms with van der Waals surface area (Å²) in [6, 6.07) is 10.7. The summed E-state index contributed by atoms with van der Waals surface area (Å²) < 4.78 is 0. The predicted molar refractivity (Wildman–Crippen MR) is 52.8 cm³/mol. The zero-order valence-electron chi connectivity index (χ0n) is 7.46. The molecule has 0 aliphatic heterocycles. The molecule has 0 spiro atoms. The quantitative estimate of drug-likeness (QED) is 0.586. The Morgan fingerprint density at radius 2 is 1.92 bits per heavy atom. The minimum absolute atomic E-state index is 0.778. The molecule has 0 saturated carbocycles. The van der Waals surface area contributed by atoms with Crippen molar-refractivity contribution in [3.05, 3.63) is 42.0 Å². The summed E-state index contributed by atoms with van der Waals surface area (Å²) in [5, 5.41) is 0. The Balaban J connectivity index is 2.27. The Bertz CT molecular complexity index is 282. The maximum absolute atomic E-state index is 2.40. The van der Waals surface area contributed by atoms with Crippen LogP contribution in [0.15, 0.2) is 36.4 Å². The van der Waals surface area contributed by atoms with Crippen molar-refractivity contribution in [2.24, 2.45) is 5.92 Å². The van der Waals surface area contributed by atoms with Crippen LogP contribution in [0.5, 0.6) is 0 Å². The lowest BCUT2D eigenvalue weighted by Gasteiger charge is -1.99. The standard InChI is InChI=1S/C12H14/c1-10-7-8-12(9-10)11-5-3-2-4-6-11/h2-6,9-10H,7-8H2,1H3. The van der Waals surface area contributed by atoms with Crippen molar-refractivity contribution in [3.63, 3.8) is 0 Å². The molecule has 62 valence electrons. The van der Waals surface area contributed by atoms with Gasteiger partial charge in [-0.05, 0) is 29.9 Å². The van der Waals surface area contributed by atoms with Crippen LogP contribution in [0.1, 0.15) is 25.3 Å². The Morgan fingerprint density at radius 1 is 1.17 bits per heavy atom. The summed E-state index contributed by atoms with van der Waals surface area (Å²) in [5.74, 6) is 0.778. The van der Waals surface area contributed by atoms with Crippen molar-refractivity contribution < 1.29 is 0 Å². The lowest BCUT2D eigenvalue weighted by Crippen LogP contribution is -1.77. The van der Waals surface area contributed by atoms with E-state index in [4.69, 9.17) is 0 Å². The molecule has 1 atom stereocenters. The van der Waals surface area contributed by atoms with Crippen LogP contribution in [0.25, 0.3) is 5.57 Å². The smallest absolute Gasteiger partial charge is 0.0228 e. The summed E-state index contributed by atoms with van der Waals surface area (Å²) >= 11 is 0. The fourth-order valence-corrected chi connectivity index (χ4v) is 1.79. The molecule has 0 bridgehead atoms. The van der Waals surface area contributed by atoms with Crippen molar-refractivity contribution in [3.8, 4) is 0 Å². The fraction of sp³-hybridized carbons (Fsp3) is 0.333. The number of rotatable bonds is 1. The van der Waals surface area contributed by atoms with E-state index in [1.807, 2.05) is 0 Å². The van der Waals surface area contributed by atoms with E-state index in [-0.39, 0.29) is 0 Å². The van der Waals surface area contributed by atoms with Gasteiger partial charge in [-0.1, -0.05) is 43.3 Å². The van der Waals surface area contributed by atoms with Gasteiger partial charge in [0.2, 0.25) is 0 Å². The first-order valence-corrected chi connectivity index (χ1v) is 4.62. The Hall–Kier alpha value is -1.04. The normalized spacial score (nSPS) is 22.4. The highest BCUT2D eigenvalue weighted by molar-refractivity contribution is 5.67. The van der Waals surface area contributed by atoms with Gasteiger partial charge in [-0.3, -0.25) is 0 Å². The van der Waals surface area contributed by atoms with Gasteiger partial charge in [-0.15, -0.1) is 0 Å². The monoisotopic (exact) mass is 158 g/mol. The van der Waals surface area contributed by atoms with E-state index >= 15 is 0 Å². The second-order valence-corrected chi connectivity index (χ2v) is 3.57. The largest absolute Gasteiger partial charge is 0.0779 e. The number of allylic oxidation sites excluding steroid dienone is 2.